The third kappa shape index (κ3) is 4.51. The Hall–Kier alpha value is -1.99. The summed E-state index contributed by atoms with van der Waals surface area (Å²) in [5, 5.41) is 2.69. The van der Waals surface area contributed by atoms with E-state index in [1.165, 1.54) is 0 Å². The highest BCUT2D eigenvalue weighted by atomic mass is 16.5. The number of rotatable bonds is 5. The minimum atomic E-state index is -0.284. The van der Waals surface area contributed by atoms with Crippen LogP contribution in [0.2, 0.25) is 0 Å². The van der Waals surface area contributed by atoms with Gasteiger partial charge in [-0.05, 0) is 11.6 Å². The van der Waals surface area contributed by atoms with E-state index in [4.69, 9.17) is 10.5 Å². The molecule has 0 radical (unpaired) electrons. The number of nitrogens with zero attached hydrogens (tertiary/aromatic N) is 2. The van der Waals surface area contributed by atoms with Crippen molar-refractivity contribution in [2.45, 2.75) is 13.0 Å². The molecule has 21 heavy (non-hydrogen) atoms. The van der Waals surface area contributed by atoms with E-state index in [-0.39, 0.29) is 18.2 Å². The van der Waals surface area contributed by atoms with E-state index in [1.54, 1.807) is 23.2 Å². The van der Waals surface area contributed by atoms with Crippen LogP contribution < -0.4 is 11.1 Å². The number of aromatic nitrogens is 1. The van der Waals surface area contributed by atoms with Crippen LogP contribution in [-0.4, -0.2) is 54.5 Å². The fourth-order valence-corrected chi connectivity index (χ4v) is 2.02. The fourth-order valence-electron chi connectivity index (χ4n) is 2.02. The monoisotopic (exact) mass is 292 g/mol. The molecule has 0 atom stereocenters. The summed E-state index contributed by atoms with van der Waals surface area (Å²) in [6, 6.07) is 3.39. The van der Waals surface area contributed by atoms with Gasteiger partial charge in [-0.1, -0.05) is 6.07 Å². The number of pyridine rings is 1. The lowest BCUT2D eigenvalue weighted by atomic mass is 10.2. The van der Waals surface area contributed by atoms with Crippen molar-refractivity contribution in [1.82, 2.24) is 15.2 Å². The Bertz CT molecular complexity index is 483. The van der Waals surface area contributed by atoms with E-state index in [9.17, 15) is 9.59 Å². The van der Waals surface area contributed by atoms with E-state index in [0.29, 0.717) is 45.1 Å². The van der Waals surface area contributed by atoms with Crippen molar-refractivity contribution in [2.24, 2.45) is 5.73 Å². The van der Waals surface area contributed by atoms with E-state index >= 15 is 0 Å². The maximum atomic E-state index is 11.9. The summed E-state index contributed by atoms with van der Waals surface area (Å²) in [5.74, 6) is -0.251. The number of carbonyl (C=O) groups excluding carboxylic acids is 2. The molecule has 7 heteroatoms. The van der Waals surface area contributed by atoms with E-state index < -0.39 is 0 Å². The van der Waals surface area contributed by atoms with Crippen molar-refractivity contribution < 1.29 is 14.3 Å². The first kappa shape index (κ1) is 15.4. The molecule has 0 unspecified atom stereocenters. The Kier molecular flexibility index (Phi) is 5.65. The zero-order chi connectivity index (χ0) is 15.1. The van der Waals surface area contributed by atoms with Crippen LogP contribution in [0.25, 0.3) is 0 Å². The van der Waals surface area contributed by atoms with Gasteiger partial charge in [0.25, 0.3) is 5.91 Å². The fraction of sp³-hybridized carbons (Fsp3) is 0.500. The summed E-state index contributed by atoms with van der Waals surface area (Å²) in [6.07, 6.45) is 1.86. The summed E-state index contributed by atoms with van der Waals surface area (Å²) >= 11 is 0. The lowest BCUT2D eigenvalue weighted by Crippen LogP contribution is -2.42. The van der Waals surface area contributed by atoms with Crippen LogP contribution in [0.1, 0.15) is 22.5 Å². The van der Waals surface area contributed by atoms with Crippen molar-refractivity contribution in [1.29, 1.82) is 0 Å². The van der Waals surface area contributed by atoms with Crippen molar-refractivity contribution in [3.63, 3.8) is 0 Å². The maximum Gasteiger partial charge on any atom is 0.269 e. The first-order valence-electron chi connectivity index (χ1n) is 6.99. The molecule has 2 rings (SSSR count). The van der Waals surface area contributed by atoms with Crippen LogP contribution in [0.4, 0.5) is 0 Å². The van der Waals surface area contributed by atoms with E-state index in [0.717, 1.165) is 5.56 Å². The molecule has 1 saturated heterocycles. The van der Waals surface area contributed by atoms with Gasteiger partial charge < -0.3 is 20.7 Å². The van der Waals surface area contributed by atoms with Crippen LogP contribution in [0.3, 0.4) is 0 Å². The summed E-state index contributed by atoms with van der Waals surface area (Å²) in [7, 11) is 0. The molecule has 0 aromatic carbocycles. The largest absolute Gasteiger partial charge is 0.378 e. The molecule has 0 spiro atoms. The second kappa shape index (κ2) is 7.70. The first-order chi connectivity index (χ1) is 10.2. The van der Waals surface area contributed by atoms with Crippen molar-refractivity contribution in [2.75, 3.05) is 32.8 Å². The lowest BCUT2D eigenvalue weighted by molar-refractivity contribution is -0.135. The predicted octanol–water partition coefficient (Wildman–Crippen LogP) is -0.481. The quantitative estimate of drug-likeness (QED) is 0.764. The molecule has 2 amide bonds. The van der Waals surface area contributed by atoms with Crippen molar-refractivity contribution >= 4 is 11.8 Å². The minimum absolute atomic E-state index is 0.0324. The Labute approximate surface area is 123 Å². The van der Waals surface area contributed by atoms with Gasteiger partial charge in [-0.15, -0.1) is 0 Å². The summed E-state index contributed by atoms with van der Waals surface area (Å²) in [5.41, 5.74) is 6.66. The standard InChI is InChI=1S/C14H20N4O3/c15-9-11-1-2-12(17-10-11)14(20)16-4-3-13(19)18-5-7-21-8-6-18/h1-2,10H,3-9,15H2,(H,16,20). The molecule has 1 aliphatic heterocycles. The zero-order valence-corrected chi connectivity index (χ0v) is 11.9. The van der Waals surface area contributed by atoms with E-state index in [1.807, 2.05) is 0 Å². The summed E-state index contributed by atoms with van der Waals surface area (Å²) < 4.78 is 5.19. The van der Waals surface area contributed by atoms with Crippen molar-refractivity contribution in [3.8, 4) is 0 Å². The number of nitrogens with two attached hydrogens (primary N) is 1. The van der Waals surface area contributed by atoms with Gasteiger partial charge in [0.1, 0.15) is 5.69 Å². The Morgan fingerprint density at radius 1 is 1.33 bits per heavy atom. The molecule has 0 saturated carbocycles. The molecule has 3 N–H and O–H groups in total. The SMILES string of the molecule is NCc1ccc(C(=O)NCCC(=O)N2CCOCC2)nc1. The summed E-state index contributed by atoms with van der Waals surface area (Å²) in [4.78, 5) is 29.5. The number of amides is 2. The molecule has 2 heterocycles. The second-order valence-electron chi connectivity index (χ2n) is 4.75. The third-order valence-corrected chi connectivity index (χ3v) is 3.28. The van der Waals surface area contributed by atoms with Gasteiger partial charge in [0.05, 0.1) is 13.2 Å². The van der Waals surface area contributed by atoms with Crippen LogP contribution in [-0.2, 0) is 16.1 Å². The van der Waals surface area contributed by atoms with Crippen LogP contribution in [0.5, 0.6) is 0 Å². The zero-order valence-electron chi connectivity index (χ0n) is 11.9. The molecule has 1 aromatic heterocycles. The Morgan fingerprint density at radius 2 is 2.10 bits per heavy atom. The minimum Gasteiger partial charge on any atom is -0.378 e. The van der Waals surface area contributed by atoms with Crippen LogP contribution in [0.15, 0.2) is 18.3 Å². The molecule has 0 bridgehead atoms. The Balaban J connectivity index is 1.74. The first-order valence-corrected chi connectivity index (χ1v) is 6.99. The second-order valence-corrected chi connectivity index (χ2v) is 4.75. The number of hydrogen-bond donors (Lipinski definition) is 2. The smallest absolute Gasteiger partial charge is 0.269 e. The van der Waals surface area contributed by atoms with Crippen LogP contribution in [0, 0.1) is 0 Å². The van der Waals surface area contributed by atoms with Gasteiger partial charge in [-0.3, -0.25) is 14.6 Å². The number of ether oxygens (including phenoxy) is 1. The topological polar surface area (TPSA) is 97.5 Å². The predicted molar refractivity (Wildman–Crippen MR) is 76.5 cm³/mol. The summed E-state index contributed by atoms with van der Waals surface area (Å²) in [6.45, 7) is 3.09. The highest BCUT2D eigenvalue weighted by Gasteiger charge is 2.16. The highest BCUT2D eigenvalue weighted by molar-refractivity contribution is 5.92. The highest BCUT2D eigenvalue weighted by Crippen LogP contribution is 2.01. The normalized spacial score (nSPS) is 14.8. The molecule has 1 aliphatic rings. The average molecular weight is 292 g/mol. The molecular weight excluding hydrogens is 272 g/mol. The van der Waals surface area contributed by atoms with Gasteiger partial charge in [0.2, 0.25) is 5.91 Å². The van der Waals surface area contributed by atoms with Gasteiger partial charge in [-0.25, -0.2) is 0 Å². The molecule has 1 fully saturated rings. The molecule has 7 nitrogen and oxygen atoms in total. The lowest BCUT2D eigenvalue weighted by Gasteiger charge is -2.26. The van der Waals surface area contributed by atoms with Crippen LogP contribution >= 0.6 is 0 Å². The number of nitrogens with one attached hydrogen (secondary N) is 1. The third-order valence-electron chi connectivity index (χ3n) is 3.28. The van der Waals surface area contributed by atoms with Gasteiger partial charge in [0.15, 0.2) is 0 Å². The number of hydrogen-bond acceptors (Lipinski definition) is 5. The Morgan fingerprint density at radius 3 is 2.71 bits per heavy atom. The number of carbonyl (C=O) groups is 2. The molecule has 114 valence electrons. The van der Waals surface area contributed by atoms with Gasteiger partial charge >= 0.3 is 0 Å². The van der Waals surface area contributed by atoms with E-state index in [2.05, 4.69) is 10.3 Å². The maximum absolute atomic E-state index is 11.9. The van der Waals surface area contributed by atoms with Crippen molar-refractivity contribution in [3.05, 3.63) is 29.6 Å². The average Bonchev–Trinajstić information content (AvgIpc) is 2.55. The molecule has 1 aromatic rings. The molecule has 0 aliphatic carbocycles. The van der Waals surface area contributed by atoms with Gasteiger partial charge in [0, 0.05) is 38.8 Å². The van der Waals surface area contributed by atoms with Gasteiger partial charge in [-0.2, -0.15) is 0 Å². The number of morpholine rings is 1. The molecular formula is C14H20N4O3.